The standard InChI is InChI=1S/C11H11N3O2/c1-9-11(14(15)16)12-8-13(9)7-10-5-3-2-4-6-10/h2-6,8H,7H2,1H3. The molecule has 1 heterocycles. The lowest BCUT2D eigenvalue weighted by Gasteiger charge is -2.02. The number of hydrogen-bond acceptors (Lipinski definition) is 3. The Morgan fingerprint density at radius 2 is 2.06 bits per heavy atom. The van der Waals surface area contributed by atoms with Gasteiger partial charge >= 0.3 is 5.82 Å². The summed E-state index contributed by atoms with van der Waals surface area (Å²) in [5.41, 5.74) is 1.67. The molecule has 5 nitrogen and oxygen atoms in total. The minimum absolute atomic E-state index is 0.0732. The van der Waals surface area contributed by atoms with Gasteiger partial charge in [-0.05, 0) is 22.4 Å². The minimum Gasteiger partial charge on any atom is -0.358 e. The highest BCUT2D eigenvalue weighted by atomic mass is 16.6. The third-order valence-corrected chi connectivity index (χ3v) is 2.44. The van der Waals surface area contributed by atoms with Crippen LogP contribution in [0.3, 0.4) is 0 Å². The predicted molar refractivity (Wildman–Crippen MR) is 59.2 cm³/mol. The van der Waals surface area contributed by atoms with Crippen LogP contribution in [0.5, 0.6) is 0 Å². The molecule has 0 bridgehead atoms. The summed E-state index contributed by atoms with van der Waals surface area (Å²) in [6.45, 7) is 2.31. The van der Waals surface area contributed by atoms with Crippen molar-refractivity contribution in [1.82, 2.24) is 9.55 Å². The molecule has 0 spiro atoms. The van der Waals surface area contributed by atoms with Crippen LogP contribution in [0.15, 0.2) is 36.7 Å². The maximum absolute atomic E-state index is 10.6. The molecule has 0 unspecified atom stereocenters. The van der Waals surface area contributed by atoms with Gasteiger partial charge in [0.05, 0.1) is 6.54 Å². The van der Waals surface area contributed by atoms with Crippen LogP contribution in [0.25, 0.3) is 0 Å². The molecule has 0 atom stereocenters. The topological polar surface area (TPSA) is 61.0 Å². The molecule has 0 aliphatic rings. The molecule has 0 saturated heterocycles. The number of imidazole rings is 1. The van der Waals surface area contributed by atoms with Crippen LogP contribution in [0.1, 0.15) is 11.3 Å². The quantitative estimate of drug-likeness (QED) is 0.584. The molecule has 0 aliphatic carbocycles. The largest absolute Gasteiger partial charge is 0.384 e. The van der Waals surface area contributed by atoms with Crippen molar-refractivity contribution in [2.75, 3.05) is 0 Å². The lowest BCUT2D eigenvalue weighted by molar-refractivity contribution is -0.389. The first kappa shape index (κ1) is 10.4. The highest BCUT2D eigenvalue weighted by Gasteiger charge is 2.16. The molecule has 16 heavy (non-hydrogen) atoms. The van der Waals surface area contributed by atoms with Gasteiger partial charge in [0.1, 0.15) is 5.69 Å². The number of hydrogen-bond donors (Lipinski definition) is 0. The second-order valence-corrected chi connectivity index (χ2v) is 3.52. The first-order valence-corrected chi connectivity index (χ1v) is 4.88. The van der Waals surface area contributed by atoms with Crippen molar-refractivity contribution < 1.29 is 4.92 Å². The minimum atomic E-state index is -0.461. The third kappa shape index (κ3) is 1.93. The van der Waals surface area contributed by atoms with Crippen molar-refractivity contribution in [2.24, 2.45) is 0 Å². The average Bonchev–Trinajstić information content (AvgIpc) is 2.62. The number of rotatable bonds is 3. The number of aromatic nitrogens is 2. The van der Waals surface area contributed by atoms with Crippen LogP contribution in [0, 0.1) is 17.0 Å². The van der Waals surface area contributed by atoms with Gasteiger partial charge in [-0.1, -0.05) is 30.3 Å². The molecule has 5 heteroatoms. The third-order valence-electron chi connectivity index (χ3n) is 2.44. The summed E-state index contributed by atoms with van der Waals surface area (Å²) in [7, 11) is 0. The zero-order valence-electron chi connectivity index (χ0n) is 8.83. The van der Waals surface area contributed by atoms with E-state index in [0.29, 0.717) is 12.2 Å². The fourth-order valence-electron chi connectivity index (χ4n) is 1.55. The summed E-state index contributed by atoms with van der Waals surface area (Å²) < 4.78 is 1.77. The Kier molecular flexibility index (Phi) is 2.68. The highest BCUT2D eigenvalue weighted by Crippen LogP contribution is 2.15. The summed E-state index contributed by atoms with van der Waals surface area (Å²) in [6, 6.07) is 9.77. The van der Waals surface area contributed by atoms with Crippen molar-refractivity contribution >= 4 is 5.82 Å². The van der Waals surface area contributed by atoms with Gasteiger partial charge in [-0.25, -0.2) is 0 Å². The molecular formula is C11H11N3O2. The summed E-state index contributed by atoms with van der Waals surface area (Å²) in [4.78, 5) is 13.9. The van der Waals surface area contributed by atoms with Crippen LogP contribution >= 0.6 is 0 Å². The lowest BCUT2D eigenvalue weighted by atomic mass is 10.2. The summed E-state index contributed by atoms with van der Waals surface area (Å²) in [5, 5.41) is 10.6. The van der Waals surface area contributed by atoms with Crippen molar-refractivity contribution in [2.45, 2.75) is 13.5 Å². The van der Waals surface area contributed by atoms with Crippen LogP contribution in [-0.4, -0.2) is 14.5 Å². The van der Waals surface area contributed by atoms with E-state index in [1.54, 1.807) is 11.5 Å². The number of nitro groups is 1. The lowest BCUT2D eigenvalue weighted by Crippen LogP contribution is -2.01. The summed E-state index contributed by atoms with van der Waals surface area (Å²) in [6.07, 6.45) is 1.50. The van der Waals surface area contributed by atoms with E-state index < -0.39 is 4.92 Å². The smallest absolute Gasteiger partial charge is 0.358 e. The Morgan fingerprint density at radius 3 is 2.62 bits per heavy atom. The van der Waals surface area contributed by atoms with E-state index in [1.165, 1.54) is 6.33 Å². The molecule has 1 aromatic carbocycles. The zero-order valence-corrected chi connectivity index (χ0v) is 8.83. The van der Waals surface area contributed by atoms with Gasteiger partial charge in [0, 0.05) is 0 Å². The van der Waals surface area contributed by atoms with Gasteiger partial charge in [0.25, 0.3) is 0 Å². The Labute approximate surface area is 92.5 Å². The second kappa shape index (κ2) is 4.14. The molecule has 0 aliphatic heterocycles. The Balaban J connectivity index is 2.26. The van der Waals surface area contributed by atoms with E-state index in [4.69, 9.17) is 0 Å². The molecule has 0 saturated carbocycles. The van der Waals surface area contributed by atoms with E-state index in [1.807, 2.05) is 30.3 Å². The van der Waals surface area contributed by atoms with E-state index in [-0.39, 0.29) is 5.82 Å². The fourth-order valence-corrected chi connectivity index (χ4v) is 1.55. The molecule has 0 amide bonds. The zero-order chi connectivity index (χ0) is 11.5. The fraction of sp³-hybridized carbons (Fsp3) is 0.182. The molecule has 82 valence electrons. The van der Waals surface area contributed by atoms with Crippen molar-refractivity contribution in [1.29, 1.82) is 0 Å². The molecule has 1 aromatic heterocycles. The highest BCUT2D eigenvalue weighted by molar-refractivity contribution is 5.27. The van der Waals surface area contributed by atoms with Crippen molar-refractivity contribution in [3.05, 3.63) is 58.0 Å². The Bertz CT molecular complexity index is 505. The van der Waals surface area contributed by atoms with Gasteiger partial charge in [-0.2, -0.15) is 0 Å². The maximum Gasteiger partial charge on any atom is 0.384 e. The number of benzene rings is 1. The van der Waals surface area contributed by atoms with Gasteiger partial charge in [-0.15, -0.1) is 0 Å². The van der Waals surface area contributed by atoms with Crippen LogP contribution in [0.2, 0.25) is 0 Å². The Hall–Kier alpha value is -2.17. The Morgan fingerprint density at radius 1 is 1.38 bits per heavy atom. The van der Waals surface area contributed by atoms with Crippen molar-refractivity contribution in [3.8, 4) is 0 Å². The SMILES string of the molecule is Cc1c([N+](=O)[O-])ncn1Cc1ccccc1. The van der Waals surface area contributed by atoms with Gasteiger partial charge < -0.3 is 14.7 Å². The first-order valence-electron chi connectivity index (χ1n) is 4.88. The van der Waals surface area contributed by atoms with Crippen LogP contribution in [-0.2, 0) is 6.54 Å². The summed E-state index contributed by atoms with van der Waals surface area (Å²) >= 11 is 0. The van der Waals surface area contributed by atoms with Gasteiger partial charge in [0.15, 0.2) is 0 Å². The number of nitrogens with zero attached hydrogens (tertiary/aromatic N) is 3. The monoisotopic (exact) mass is 217 g/mol. The maximum atomic E-state index is 10.6. The second-order valence-electron chi connectivity index (χ2n) is 3.52. The summed E-state index contributed by atoms with van der Waals surface area (Å²) in [5.74, 6) is -0.0732. The van der Waals surface area contributed by atoms with E-state index in [9.17, 15) is 10.1 Å². The molecule has 0 fully saturated rings. The molecule has 0 radical (unpaired) electrons. The van der Waals surface area contributed by atoms with E-state index >= 15 is 0 Å². The molecule has 2 aromatic rings. The average molecular weight is 217 g/mol. The van der Waals surface area contributed by atoms with E-state index in [0.717, 1.165) is 5.56 Å². The van der Waals surface area contributed by atoms with Crippen molar-refractivity contribution in [3.63, 3.8) is 0 Å². The first-order chi connectivity index (χ1) is 7.68. The van der Waals surface area contributed by atoms with Crippen LogP contribution < -0.4 is 0 Å². The molecule has 0 N–H and O–H groups in total. The predicted octanol–water partition coefficient (Wildman–Crippen LogP) is 2.15. The normalized spacial score (nSPS) is 10.3. The molecule has 2 rings (SSSR count). The van der Waals surface area contributed by atoms with Gasteiger partial charge in [-0.3, -0.25) is 0 Å². The van der Waals surface area contributed by atoms with E-state index in [2.05, 4.69) is 4.98 Å². The van der Waals surface area contributed by atoms with Crippen LogP contribution in [0.4, 0.5) is 5.82 Å². The van der Waals surface area contributed by atoms with Gasteiger partial charge in [0.2, 0.25) is 6.33 Å². The molecular weight excluding hydrogens is 206 g/mol.